The van der Waals surface area contributed by atoms with Gasteiger partial charge < -0.3 is 19.5 Å². The van der Waals surface area contributed by atoms with Gasteiger partial charge >= 0.3 is 12.1 Å². The predicted molar refractivity (Wildman–Crippen MR) is 124 cm³/mol. The number of hydrogen-bond acceptors (Lipinski definition) is 9. The molecule has 1 atom stereocenters. The van der Waals surface area contributed by atoms with Crippen LogP contribution in [0.1, 0.15) is 27.5 Å². The molecule has 3 heterocycles. The molecule has 11 nitrogen and oxygen atoms in total. The van der Waals surface area contributed by atoms with Crippen LogP contribution in [0.2, 0.25) is 0 Å². The molecule has 4 rings (SSSR count). The van der Waals surface area contributed by atoms with Gasteiger partial charge in [0.2, 0.25) is 11.8 Å². The van der Waals surface area contributed by atoms with Crippen LogP contribution >= 0.6 is 0 Å². The van der Waals surface area contributed by atoms with Gasteiger partial charge in [0.1, 0.15) is 11.3 Å². The fourth-order valence-corrected chi connectivity index (χ4v) is 3.28. The first-order valence-electron chi connectivity index (χ1n) is 10.8. The third-order valence-electron chi connectivity index (χ3n) is 5.14. The zero-order chi connectivity index (χ0) is 27.3. The first-order valence-corrected chi connectivity index (χ1v) is 10.8. The minimum absolute atomic E-state index is 0.220. The van der Waals surface area contributed by atoms with E-state index in [1.165, 1.54) is 38.9 Å². The first-order chi connectivity index (χ1) is 18.2. The van der Waals surface area contributed by atoms with Gasteiger partial charge in [-0.1, -0.05) is 12.1 Å². The predicted octanol–water partition coefficient (Wildman–Crippen LogP) is 3.06. The Morgan fingerprint density at radius 3 is 2.29 bits per heavy atom. The number of amides is 1. The van der Waals surface area contributed by atoms with Crippen LogP contribution in [0.3, 0.4) is 0 Å². The molecule has 0 spiro atoms. The molecule has 0 bridgehead atoms. The van der Waals surface area contributed by atoms with Crippen molar-refractivity contribution in [3.8, 4) is 23.5 Å². The molecule has 0 fully saturated rings. The summed E-state index contributed by atoms with van der Waals surface area (Å²) in [5.74, 6) is -3.69. The molecule has 196 valence electrons. The molecule has 0 saturated heterocycles. The number of ether oxygens (including phenoxy) is 3. The maximum atomic E-state index is 13.3. The smallest absolute Gasteiger partial charge is 0.491 e. The van der Waals surface area contributed by atoms with Gasteiger partial charge in [-0.2, -0.15) is 23.3 Å². The first kappa shape index (κ1) is 26.1. The number of hydrogen-bond donors (Lipinski definition) is 1. The minimum atomic E-state index is -5.33. The van der Waals surface area contributed by atoms with E-state index in [0.29, 0.717) is 22.8 Å². The number of halogens is 3. The van der Waals surface area contributed by atoms with Gasteiger partial charge in [0, 0.05) is 30.9 Å². The van der Waals surface area contributed by atoms with E-state index < -0.39 is 35.5 Å². The van der Waals surface area contributed by atoms with Gasteiger partial charge in [0.25, 0.3) is 11.9 Å². The summed E-state index contributed by atoms with van der Waals surface area (Å²) < 4.78 is 54.7. The van der Waals surface area contributed by atoms with Crippen LogP contribution in [0.4, 0.5) is 13.2 Å². The Balaban J connectivity index is 1.72. The van der Waals surface area contributed by atoms with Crippen molar-refractivity contribution in [1.82, 2.24) is 30.0 Å². The summed E-state index contributed by atoms with van der Waals surface area (Å²) >= 11 is 0. The largest absolute Gasteiger partial charge is 0.497 e. The lowest BCUT2D eigenvalue weighted by molar-refractivity contribution is -0.190. The highest BCUT2D eigenvalue weighted by Gasteiger charge is 2.42. The van der Waals surface area contributed by atoms with Gasteiger partial charge in [0.05, 0.1) is 20.3 Å². The highest BCUT2D eigenvalue weighted by Crippen LogP contribution is 2.27. The van der Waals surface area contributed by atoms with Gasteiger partial charge in [-0.15, -0.1) is 0 Å². The zero-order valence-corrected chi connectivity index (χ0v) is 19.8. The number of nitrogens with one attached hydrogen (secondary N) is 1. The van der Waals surface area contributed by atoms with Gasteiger partial charge in [-0.05, 0) is 35.4 Å². The monoisotopic (exact) mass is 528 g/mol. The number of rotatable bonds is 8. The molecule has 0 radical (unpaired) electrons. The lowest BCUT2D eigenvalue weighted by Gasteiger charge is -2.21. The molecule has 4 aromatic rings. The maximum absolute atomic E-state index is 13.3. The third-order valence-corrected chi connectivity index (χ3v) is 5.14. The highest BCUT2D eigenvalue weighted by molar-refractivity contribution is 5.97. The molecule has 14 heteroatoms. The molecule has 1 N–H and O–H groups in total. The Morgan fingerprint density at radius 1 is 0.974 bits per heavy atom. The lowest BCUT2D eigenvalue weighted by Crippen LogP contribution is -2.32. The molecule has 1 amide bonds. The van der Waals surface area contributed by atoms with Gasteiger partial charge in [-0.25, -0.2) is 19.4 Å². The fourth-order valence-electron chi connectivity index (χ4n) is 3.28. The third kappa shape index (κ3) is 5.86. The SMILES string of the molecule is COc1ccc(C(NC(=O)c2cnc(-n3cccn3)nc2OC(=O)C(F)(F)F)c2ccc(OC)nc2)cc1. The molecular weight excluding hydrogens is 509 g/mol. The summed E-state index contributed by atoms with van der Waals surface area (Å²) in [7, 11) is 2.94. The number of benzene rings is 1. The van der Waals surface area contributed by atoms with Gasteiger partial charge in [-0.3, -0.25) is 4.79 Å². The number of nitrogens with zero attached hydrogens (tertiary/aromatic N) is 5. The number of carbonyl (C=O) groups excluding carboxylic acids is 2. The van der Waals surface area contributed by atoms with Crippen molar-refractivity contribution in [3.05, 3.63) is 83.9 Å². The van der Waals surface area contributed by atoms with E-state index in [0.717, 1.165) is 10.9 Å². The Morgan fingerprint density at radius 2 is 1.71 bits per heavy atom. The highest BCUT2D eigenvalue weighted by atomic mass is 19.4. The number of carbonyl (C=O) groups is 2. The summed E-state index contributed by atoms with van der Waals surface area (Å²) in [5.41, 5.74) is 0.597. The summed E-state index contributed by atoms with van der Waals surface area (Å²) in [5, 5.41) is 6.60. The van der Waals surface area contributed by atoms with E-state index in [2.05, 4.69) is 30.1 Å². The Labute approximate surface area is 213 Å². The van der Waals surface area contributed by atoms with Crippen molar-refractivity contribution in [3.63, 3.8) is 0 Å². The van der Waals surface area contributed by atoms with Crippen LogP contribution in [-0.4, -0.2) is 57.0 Å². The van der Waals surface area contributed by atoms with Crippen LogP contribution in [0.5, 0.6) is 17.5 Å². The van der Waals surface area contributed by atoms with Gasteiger partial charge in [0.15, 0.2) is 0 Å². The number of methoxy groups -OCH3 is 2. The molecule has 38 heavy (non-hydrogen) atoms. The number of pyridine rings is 1. The lowest BCUT2D eigenvalue weighted by atomic mass is 9.99. The van der Waals surface area contributed by atoms with Crippen LogP contribution in [0, 0.1) is 0 Å². The Bertz CT molecular complexity index is 1360. The van der Waals surface area contributed by atoms with Crippen molar-refractivity contribution in [1.29, 1.82) is 0 Å². The second-order valence-corrected chi connectivity index (χ2v) is 7.54. The maximum Gasteiger partial charge on any atom is 0.491 e. The molecule has 0 aliphatic carbocycles. The van der Waals surface area contributed by atoms with Crippen LogP contribution in [0.15, 0.2) is 67.3 Å². The number of alkyl halides is 3. The van der Waals surface area contributed by atoms with Crippen molar-refractivity contribution < 1.29 is 37.0 Å². The van der Waals surface area contributed by atoms with Crippen LogP contribution in [-0.2, 0) is 4.79 Å². The standard InChI is InChI=1S/C24H19F3N6O5/c1-36-16-7-4-14(5-8-16)19(15-6-9-18(37-2)28-12-15)31-20(34)17-13-29-23(33-11-3-10-30-33)32-21(17)38-22(35)24(25,26)27/h3-13,19H,1-2H3,(H,31,34). The minimum Gasteiger partial charge on any atom is -0.497 e. The molecular formula is C24H19F3N6O5. The van der Waals surface area contributed by atoms with Crippen LogP contribution < -0.4 is 19.5 Å². The molecule has 0 aliphatic heterocycles. The van der Waals surface area contributed by atoms with Crippen molar-refractivity contribution >= 4 is 11.9 Å². The second kappa shape index (κ2) is 10.9. The normalized spacial score (nSPS) is 11.9. The van der Waals surface area contributed by atoms with Crippen molar-refractivity contribution in [2.45, 2.75) is 12.2 Å². The number of aromatic nitrogens is 5. The summed E-state index contributed by atoms with van der Waals surface area (Å²) in [6, 6.07) is 10.6. The summed E-state index contributed by atoms with van der Waals surface area (Å²) in [6.07, 6.45) is -0.120. The average molecular weight is 528 g/mol. The van der Waals surface area contributed by atoms with Crippen LogP contribution in [0.25, 0.3) is 5.95 Å². The Hall–Kier alpha value is -5.01. The average Bonchev–Trinajstić information content (AvgIpc) is 3.46. The summed E-state index contributed by atoms with van der Waals surface area (Å²) in [4.78, 5) is 36.9. The molecule has 1 unspecified atom stereocenters. The quantitative estimate of drug-likeness (QED) is 0.343. The fraction of sp³-hybridized carbons (Fsp3) is 0.167. The van der Waals surface area contributed by atoms with Crippen molar-refractivity contribution in [2.24, 2.45) is 0 Å². The van der Waals surface area contributed by atoms with Crippen molar-refractivity contribution in [2.75, 3.05) is 14.2 Å². The summed E-state index contributed by atoms with van der Waals surface area (Å²) in [6.45, 7) is 0. The van der Waals surface area contributed by atoms with E-state index >= 15 is 0 Å². The molecule has 0 aliphatic rings. The zero-order valence-electron chi connectivity index (χ0n) is 19.8. The molecule has 0 saturated carbocycles. The van der Waals surface area contributed by atoms with E-state index in [1.54, 1.807) is 36.4 Å². The topological polar surface area (TPSA) is 130 Å². The second-order valence-electron chi connectivity index (χ2n) is 7.54. The van der Waals surface area contributed by atoms with E-state index in [9.17, 15) is 22.8 Å². The molecule has 1 aromatic carbocycles. The Kier molecular flexibility index (Phi) is 7.50. The molecule has 3 aromatic heterocycles. The van der Waals surface area contributed by atoms with E-state index in [-0.39, 0.29) is 5.95 Å². The number of esters is 1. The van der Waals surface area contributed by atoms with E-state index in [4.69, 9.17) is 9.47 Å². The van der Waals surface area contributed by atoms with E-state index in [1.807, 2.05) is 0 Å².